The lowest BCUT2D eigenvalue weighted by atomic mass is 9.88. The zero-order chi connectivity index (χ0) is 16.5. The number of morpholine rings is 1. The molecule has 0 saturated carbocycles. The number of hydrogen-bond acceptors (Lipinski definition) is 2. The molecule has 2 saturated heterocycles. The largest absolute Gasteiger partial charge is 0.370 e. The highest BCUT2D eigenvalue weighted by Gasteiger charge is 2.40. The van der Waals surface area contributed by atoms with E-state index in [9.17, 15) is 8.78 Å². The normalized spacial score (nSPS) is 27.7. The molecule has 2 heterocycles. The van der Waals surface area contributed by atoms with Crippen molar-refractivity contribution in [2.45, 2.75) is 37.5 Å². The molecular formula is C20H21F2NO. The molecule has 126 valence electrons. The van der Waals surface area contributed by atoms with Gasteiger partial charge in [-0.15, -0.1) is 0 Å². The second-order valence-corrected chi connectivity index (χ2v) is 6.69. The zero-order valence-electron chi connectivity index (χ0n) is 13.5. The third kappa shape index (κ3) is 2.96. The molecule has 4 rings (SSSR count). The summed E-state index contributed by atoms with van der Waals surface area (Å²) >= 11 is 0. The Hall–Kier alpha value is -1.78. The molecule has 4 heteroatoms. The number of ether oxygens (including phenoxy) is 1. The maximum Gasteiger partial charge on any atom is 0.123 e. The number of hydrogen-bond donors (Lipinski definition) is 0. The van der Waals surface area contributed by atoms with E-state index in [4.69, 9.17) is 4.74 Å². The van der Waals surface area contributed by atoms with E-state index < -0.39 is 0 Å². The van der Waals surface area contributed by atoms with E-state index in [0.29, 0.717) is 12.6 Å². The van der Waals surface area contributed by atoms with Crippen LogP contribution in [0.15, 0.2) is 48.5 Å². The van der Waals surface area contributed by atoms with E-state index in [0.717, 1.165) is 24.1 Å². The van der Waals surface area contributed by atoms with Crippen LogP contribution in [0.4, 0.5) is 8.78 Å². The average molecular weight is 329 g/mol. The van der Waals surface area contributed by atoms with E-state index >= 15 is 0 Å². The van der Waals surface area contributed by atoms with Crippen LogP contribution in [-0.4, -0.2) is 24.1 Å². The number of halogens is 2. The van der Waals surface area contributed by atoms with E-state index in [1.165, 1.54) is 37.1 Å². The van der Waals surface area contributed by atoms with Crippen molar-refractivity contribution in [3.05, 3.63) is 71.3 Å². The van der Waals surface area contributed by atoms with Gasteiger partial charge in [-0.25, -0.2) is 8.78 Å². The van der Waals surface area contributed by atoms with Gasteiger partial charge in [0, 0.05) is 6.04 Å². The van der Waals surface area contributed by atoms with Gasteiger partial charge in [0.25, 0.3) is 0 Å². The minimum Gasteiger partial charge on any atom is -0.370 e. The lowest BCUT2D eigenvalue weighted by Crippen LogP contribution is -2.50. The Morgan fingerprint density at radius 2 is 1.46 bits per heavy atom. The van der Waals surface area contributed by atoms with Crippen molar-refractivity contribution in [1.82, 2.24) is 4.90 Å². The fourth-order valence-electron chi connectivity index (χ4n) is 4.01. The predicted molar refractivity (Wildman–Crippen MR) is 88.6 cm³/mol. The lowest BCUT2D eigenvalue weighted by molar-refractivity contribution is -0.119. The van der Waals surface area contributed by atoms with Crippen LogP contribution in [0.3, 0.4) is 0 Å². The van der Waals surface area contributed by atoms with Crippen LogP contribution in [-0.2, 0) is 4.74 Å². The molecule has 2 aliphatic heterocycles. The van der Waals surface area contributed by atoms with Crippen molar-refractivity contribution < 1.29 is 13.5 Å². The van der Waals surface area contributed by atoms with Crippen LogP contribution in [0, 0.1) is 11.6 Å². The molecule has 2 aliphatic rings. The quantitative estimate of drug-likeness (QED) is 0.796. The second-order valence-electron chi connectivity index (χ2n) is 6.69. The van der Waals surface area contributed by atoms with Gasteiger partial charge < -0.3 is 4.74 Å². The van der Waals surface area contributed by atoms with Crippen LogP contribution < -0.4 is 0 Å². The number of nitrogens with zero attached hydrogens (tertiary/aromatic N) is 1. The summed E-state index contributed by atoms with van der Waals surface area (Å²) < 4.78 is 32.9. The van der Waals surface area contributed by atoms with Crippen LogP contribution in [0.5, 0.6) is 0 Å². The van der Waals surface area contributed by atoms with Crippen molar-refractivity contribution in [2.75, 3.05) is 13.2 Å². The first-order valence-corrected chi connectivity index (χ1v) is 8.60. The van der Waals surface area contributed by atoms with Gasteiger partial charge in [0.1, 0.15) is 17.7 Å². The summed E-state index contributed by atoms with van der Waals surface area (Å²) in [5, 5.41) is 0. The zero-order valence-corrected chi connectivity index (χ0v) is 13.5. The molecule has 0 aromatic heterocycles. The highest BCUT2D eigenvalue weighted by atomic mass is 19.1. The van der Waals surface area contributed by atoms with E-state index in [-0.39, 0.29) is 23.8 Å². The number of piperidine rings is 1. The maximum atomic E-state index is 13.4. The predicted octanol–water partition coefficient (Wildman–Crippen LogP) is 4.63. The Morgan fingerprint density at radius 3 is 2.12 bits per heavy atom. The molecule has 0 radical (unpaired) electrons. The van der Waals surface area contributed by atoms with Crippen molar-refractivity contribution >= 4 is 0 Å². The topological polar surface area (TPSA) is 12.5 Å². The third-order valence-corrected chi connectivity index (χ3v) is 5.19. The molecule has 0 aliphatic carbocycles. The Kier molecular flexibility index (Phi) is 4.33. The van der Waals surface area contributed by atoms with Gasteiger partial charge in [-0.1, -0.05) is 30.7 Å². The summed E-state index contributed by atoms with van der Waals surface area (Å²) in [6, 6.07) is 13.7. The number of fused-ring (bicyclic) bond motifs is 1. The molecule has 0 N–H and O–H groups in total. The Bertz CT molecular complexity index is 686. The lowest BCUT2D eigenvalue weighted by Gasteiger charge is -2.49. The first-order valence-electron chi connectivity index (χ1n) is 8.60. The van der Waals surface area contributed by atoms with E-state index in [2.05, 4.69) is 4.90 Å². The Balaban J connectivity index is 1.73. The molecule has 0 amide bonds. The van der Waals surface area contributed by atoms with Crippen LogP contribution in [0.2, 0.25) is 0 Å². The fourth-order valence-corrected chi connectivity index (χ4v) is 4.01. The van der Waals surface area contributed by atoms with Crippen molar-refractivity contribution in [3.8, 4) is 0 Å². The first-order chi connectivity index (χ1) is 11.7. The molecule has 0 spiro atoms. The number of rotatable bonds is 2. The SMILES string of the molecule is Fc1ccc(C2OCC3CCCCN3C2c2ccc(F)cc2)cc1. The standard InChI is InChI=1S/C20H21F2NO/c21-16-8-4-14(5-9-16)19-20(15-6-10-17(22)11-7-15)24-13-18-3-1-2-12-23(18)19/h4-11,18-20H,1-3,12-13H2. The minimum absolute atomic E-state index is 0.0371. The van der Waals surface area contributed by atoms with Crippen LogP contribution in [0.1, 0.15) is 42.5 Å². The van der Waals surface area contributed by atoms with Gasteiger partial charge in [0.05, 0.1) is 12.6 Å². The average Bonchev–Trinajstić information content (AvgIpc) is 2.62. The molecule has 0 bridgehead atoms. The van der Waals surface area contributed by atoms with Crippen LogP contribution >= 0.6 is 0 Å². The molecule has 3 atom stereocenters. The summed E-state index contributed by atoms with van der Waals surface area (Å²) in [5.74, 6) is -0.479. The van der Waals surface area contributed by atoms with Gasteiger partial charge in [-0.2, -0.15) is 0 Å². The first kappa shape index (κ1) is 15.7. The van der Waals surface area contributed by atoms with Crippen molar-refractivity contribution in [1.29, 1.82) is 0 Å². The molecule has 2 fully saturated rings. The molecule has 2 aromatic rings. The van der Waals surface area contributed by atoms with Gasteiger partial charge in [-0.05, 0) is 54.8 Å². The summed E-state index contributed by atoms with van der Waals surface area (Å²) in [6.45, 7) is 1.72. The minimum atomic E-state index is -0.247. The monoisotopic (exact) mass is 329 g/mol. The summed E-state index contributed by atoms with van der Waals surface area (Å²) in [7, 11) is 0. The summed E-state index contributed by atoms with van der Waals surface area (Å²) in [5.41, 5.74) is 2.02. The van der Waals surface area contributed by atoms with Crippen molar-refractivity contribution in [2.24, 2.45) is 0 Å². The molecular weight excluding hydrogens is 308 g/mol. The Labute approximate surface area is 141 Å². The number of benzene rings is 2. The van der Waals surface area contributed by atoms with Gasteiger partial charge in [-0.3, -0.25) is 4.90 Å². The molecule has 2 nitrogen and oxygen atoms in total. The van der Waals surface area contributed by atoms with E-state index in [1.807, 2.05) is 12.1 Å². The van der Waals surface area contributed by atoms with Gasteiger partial charge in [0.15, 0.2) is 0 Å². The second kappa shape index (κ2) is 6.61. The summed E-state index contributed by atoms with van der Waals surface area (Å²) in [4.78, 5) is 2.49. The Morgan fingerprint density at radius 1 is 0.833 bits per heavy atom. The third-order valence-electron chi connectivity index (χ3n) is 5.19. The van der Waals surface area contributed by atoms with Crippen LogP contribution in [0.25, 0.3) is 0 Å². The smallest absolute Gasteiger partial charge is 0.123 e. The maximum absolute atomic E-state index is 13.4. The highest BCUT2D eigenvalue weighted by Crippen LogP contribution is 2.43. The van der Waals surface area contributed by atoms with Gasteiger partial charge in [0.2, 0.25) is 0 Å². The fraction of sp³-hybridized carbons (Fsp3) is 0.400. The van der Waals surface area contributed by atoms with Gasteiger partial charge >= 0.3 is 0 Å². The highest BCUT2D eigenvalue weighted by molar-refractivity contribution is 5.28. The summed E-state index contributed by atoms with van der Waals surface area (Å²) in [6.07, 6.45) is 3.37. The van der Waals surface area contributed by atoms with E-state index in [1.54, 1.807) is 12.1 Å². The molecule has 24 heavy (non-hydrogen) atoms. The molecule has 3 unspecified atom stereocenters. The molecule has 2 aromatic carbocycles. The van der Waals surface area contributed by atoms with Crippen molar-refractivity contribution in [3.63, 3.8) is 0 Å².